The first-order chi connectivity index (χ1) is 6.61. The summed E-state index contributed by atoms with van der Waals surface area (Å²) in [5.74, 6) is 0.295. The van der Waals surface area contributed by atoms with Gasteiger partial charge in [0.05, 0.1) is 5.25 Å². The summed E-state index contributed by atoms with van der Waals surface area (Å²) >= 11 is 1.60. The van der Waals surface area contributed by atoms with Crippen molar-refractivity contribution in [3.8, 4) is 0 Å². The molecule has 0 spiro atoms. The van der Waals surface area contributed by atoms with E-state index in [0.29, 0.717) is 6.54 Å². The lowest BCUT2D eigenvalue weighted by molar-refractivity contribution is -0.126. The Morgan fingerprint density at radius 2 is 2.36 bits per heavy atom. The highest BCUT2D eigenvalue weighted by Gasteiger charge is 2.23. The fourth-order valence-corrected chi connectivity index (χ4v) is 2.11. The Morgan fingerprint density at radius 3 is 2.86 bits per heavy atom. The molecule has 1 saturated heterocycles. The van der Waals surface area contributed by atoms with E-state index >= 15 is 0 Å². The number of nitrogens with two attached hydrogens (primary N) is 1. The molecule has 1 rings (SSSR count). The number of rotatable bonds is 3. The van der Waals surface area contributed by atoms with Crippen molar-refractivity contribution < 1.29 is 9.59 Å². The number of hydrogen-bond acceptors (Lipinski definition) is 4. The molecule has 1 fully saturated rings. The van der Waals surface area contributed by atoms with E-state index in [2.05, 4.69) is 10.6 Å². The highest BCUT2D eigenvalue weighted by Crippen LogP contribution is 2.13. The second-order valence-corrected chi connectivity index (χ2v) is 4.51. The number of thioether (sulfide) groups is 1. The van der Waals surface area contributed by atoms with Gasteiger partial charge in [-0.3, -0.25) is 9.59 Å². The summed E-state index contributed by atoms with van der Waals surface area (Å²) in [6, 6.07) is -0.593. The molecular formula is C8H15N3O2S. The van der Waals surface area contributed by atoms with Gasteiger partial charge in [0, 0.05) is 18.8 Å². The first kappa shape index (κ1) is 11.3. The molecule has 80 valence electrons. The number of carbonyl (C=O) groups excluding carboxylic acids is 2. The lowest BCUT2D eigenvalue weighted by Crippen LogP contribution is -2.49. The lowest BCUT2D eigenvalue weighted by Gasteiger charge is -2.22. The van der Waals surface area contributed by atoms with Crippen molar-refractivity contribution in [3.63, 3.8) is 0 Å². The molecule has 1 unspecified atom stereocenters. The SMILES string of the molecule is C[C@H](NC(=O)C1CNCCS1)C(N)=O. The van der Waals surface area contributed by atoms with Crippen LogP contribution in [0.1, 0.15) is 6.92 Å². The molecule has 0 saturated carbocycles. The molecule has 1 heterocycles. The maximum absolute atomic E-state index is 11.5. The fraction of sp³-hybridized carbons (Fsp3) is 0.750. The van der Waals surface area contributed by atoms with E-state index in [-0.39, 0.29) is 11.2 Å². The number of nitrogens with one attached hydrogen (secondary N) is 2. The molecule has 1 aliphatic heterocycles. The molecule has 0 aliphatic carbocycles. The third-order valence-electron chi connectivity index (χ3n) is 2.01. The highest BCUT2D eigenvalue weighted by molar-refractivity contribution is 8.00. The van der Waals surface area contributed by atoms with Crippen molar-refractivity contribution in [1.29, 1.82) is 0 Å². The Bertz CT molecular complexity index is 229. The van der Waals surface area contributed by atoms with Crippen LogP contribution < -0.4 is 16.4 Å². The average Bonchev–Trinajstić information content (AvgIpc) is 2.19. The van der Waals surface area contributed by atoms with E-state index in [9.17, 15) is 9.59 Å². The van der Waals surface area contributed by atoms with Gasteiger partial charge < -0.3 is 16.4 Å². The number of amides is 2. The zero-order valence-corrected chi connectivity index (χ0v) is 8.89. The van der Waals surface area contributed by atoms with Crippen molar-refractivity contribution in [3.05, 3.63) is 0 Å². The first-order valence-corrected chi connectivity index (χ1v) is 5.58. The minimum absolute atomic E-state index is 0.106. The standard InChI is InChI=1S/C8H15N3O2S/c1-5(7(9)12)11-8(13)6-4-10-2-3-14-6/h5-6,10H,2-4H2,1H3,(H2,9,12)(H,11,13)/t5-,6?/m0/s1. The summed E-state index contributed by atoms with van der Waals surface area (Å²) < 4.78 is 0. The third kappa shape index (κ3) is 3.19. The van der Waals surface area contributed by atoms with E-state index in [1.165, 1.54) is 0 Å². The topological polar surface area (TPSA) is 84.2 Å². The second kappa shape index (κ2) is 5.21. The molecule has 0 radical (unpaired) electrons. The quantitative estimate of drug-likeness (QED) is 0.547. The summed E-state index contributed by atoms with van der Waals surface area (Å²) in [5.41, 5.74) is 5.04. The number of primary amides is 1. The van der Waals surface area contributed by atoms with Crippen molar-refractivity contribution in [1.82, 2.24) is 10.6 Å². The Morgan fingerprint density at radius 1 is 1.64 bits per heavy atom. The molecule has 2 atom stereocenters. The summed E-state index contributed by atoms with van der Waals surface area (Å²) in [4.78, 5) is 22.2. The minimum atomic E-state index is -0.593. The van der Waals surface area contributed by atoms with E-state index in [0.717, 1.165) is 12.3 Å². The van der Waals surface area contributed by atoms with Crippen LogP contribution in [0.3, 0.4) is 0 Å². The van der Waals surface area contributed by atoms with Crippen LogP contribution in [-0.4, -0.2) is 41.9 Å². The lowest BCUT2D eigenvalue weighted by atomic mass is 10.3. The van der Waals surface area contributed by atoms with E-state index in [4.69, 9.17) is 5.73 Å². The van der Waals surface area contributed by atoms with Crippen LogP contribution in [0.2, 0.25) is 0 Å². The zero-order chi connectivity index (χ0) is 10.6. The van der Waals surface area contributed by atoms with Crippen LogP contribution >= 0.6 is 11.8 Å². The molecule has 0 aromatic carbocycles. The minimum Gasteiger partial charge on any atom is -0.368 e. The first-order valence-electron chi connectivity index (χ1n) is 4.53. The average molecular weight is 217 g/mol. The number of carbonyl (C=O) groups is 2. The Labute approximate surface area is 87.2 Å². The van der Waals surface area contributed by atoms with Gasteiger partial charge in [0.1, 0.15) is 6.04 Å². The maximum atomic E-state index is 11.5. The van der Waals surface area contributed by atoms with Crippen LogP contribution in [0.15, 0.2) is 0 Å². The van der Waals surface area contributed by atoms with Crippen molar-refractivity contribution in [2.75, 3.05) is 18.8 Å². The smallest absolute Gasteiger partial charge is 0.239 e. The van der Waals surface area contributed by atoms with E-state index < -0.39 is 11.9 Å². The molecule has 0 aromatic rings. The molecule has 0 bridgehead atoms. The molecule has 0 aromatic heterocycles. The Kier molecular flexibility index (Phi) is 4.21. The molecule has 1 aliphatic rings. The van der Waals surface area contributed by atoms with Gasteiger partial charge in [-0.25, -0.2) is 0 Å². The largest absolute Gasteiger partial charge is 0.368 e. The van der Waals surface area contributed by atoms with E-state index in [1.54, 1.807) is 18.7 Å². The van der Waals surface area contributed by atoms with Crippen LogP contribution in [0, 0.1) is 0 Å². The summed E-state index contributed by atoms with van der Waals surface area (Å²) in [6.07, 6.45) is 0. The van der Waals surface area contributed by atoms with Gasteiger partial charge in [-0.2, -0.15) is 0 Å². The molecule has 5 nitrogen and oxygen atoms in total. The third-order valence-corrected chi connectivity index (χ3v) is 3.23. The van der Waals surface area contributed by atoms with Crippen LogP contribution in [0.25, 0.3) is 0 Å². The van der Waals surface area contributed by atoms with Crippen LogP contribution in [0.4, 0.5) is 0 Å². The van der Waals surface area contributed by atoms with Crippen LogP contribution in [0.5, 0.6) is 0 Å². The second-order valence-electron chi connectivity index (χ2n) is 3.20. The van der Waals surface area contributed by atoms with Gasteiger partial charge in [-0.15, -0.1) is 11.8 Å². The van der Waals surface area contributed by atoms with Crippen LogP contribution in [-0.2, 0) is 9.59 Å². The number of hydrogen-bond donors (Lipinski definition) is 3. The van der Waals surface area contributed by atoms with Crippen molar-refractivity contribution in [2.45, 2.75) is 18.2 Å². The fourth-order valence-electron chi connectivity index (χ4n) is 1.11. The predicted octanol–water partition coefficient (Wildman–Crippen LogP) is -1.32. The molecule has 4 N–H and O–H groups in total. The maximum Gasteiger partial charge on any atom is 0.239 e. The van der Waals surface area contributed by atoms with Crippen molar-refractivity contribution >= 4 is 23.6 Å². The van der Waals surface area contributed by atoms with Gasteiger partial charge in [-0.05, 0) is 6.92 Å². The Balaban J connectivity index is 2.36. The van der Waals surface area contributed by atoms with Gasteiger partial charge in [-0.1, -0.05) is 0 Å². The normalized spacial score (nSPS) is 23.9. The van der Waals surface area contributed by atoms with E-state index in [1.807, 2.05) is 0 Å². The van der Waals surface area contributed by atoms with Crippen molar-refractivity contribution in [2.24, 2.45) is 5.73 Å². The molecule has 14 heavy (non-hydrogen) atoms. The van der Waals surface area contributed by atoms with Gasteiger partial charge in [0.2, 0.25) is 11.8 Å². The van der Waals surface area contributed by atoms with Gasteiger partial charge in [0.15, 0.2) is 0 Å². The summed E-state index contributed by atoms with van der Waals surface area (Å²) in [5, 5.41) is 5.59. The van der Waals surface area contributed by atoms with Gasteiger partial charge in [0.25, 0.3) is 0 Å². The zero-order valence-electron chi connectivity index (χ0n) is 8.08. The summed E-state index contributed by atoms with van der Waals surface area (Å²) in [6.45, 7) is 3.17. The highest BCUT2D eigenvalue weighted by atomic mass is 32.2. The molecule has 2 amide bonds. The predicted molar refractivity (Wildman–Crippen MR) is 55.9 cm³/mol. The monoisotopic (exact) mass is 217 g/mol. The molecule has 6 heteroatoms. The Hall–Kier alpha value is -0.750. The van der Waals surface area contributed by atoms with Gasteiger partial charge >= 0.3 is 0 Å². The summed E-state index contributed by atoms with van der Waals surface area (Å²) in [7, 11) is 0. The molecular weight excluding hydrogens is 202 g/mol.